The molecule has 1 N–H and O–H groups in total. The first-order chi connectivity index (χ1) is 7.99. The molecule has 0 heterocycles. The van der Waals surface area contributed by atoms with Gasteiger partial charge in [0.25, 0.3) is 0 Å². The van der Waals surface area contributed by atoms with E-state index in [1.165, 1.54) is 36.0 Å². The Kier molecular flexibility index (Phi) is 3.58. The molecule has 1 aliphatic rings. The van der Waals surface area contributed by atoms with Crippen LogP contribution in [0.4, 0.5) is 0 Å². The fourth-order valence-corrected chi connectivity index (χ4v) is 2.48. The van der Waals surface area contributed by atoms with Gasteiger partial charge in [-0.2, -0.15) is 0 Å². The van der Waals surface area contributed by atoms with Crippen molar-refractivity contribution >= 4 is 0 Å². The molecule has 1 heteroatoms. The van der Waals surface area contributed by atoms with Crippen molar-refractivity contribution in [1.82, 2.24) is 5.32 Å². The second-order valence-corrected chi connectivity index (χ2v) is 6.18. The highest BCUT2D eigenvalue weighted by Gasteiger charge is 2.25. The van der Waals surface area contributed by atoms with Gasteiger partial charge in [-0.15, -0.1) is 0 Å². The van der Waals surface area contributed by atoms with Crippen LogP contribution in [0.3, 0.4) is 0 Å². The van der Waals surface area contributed by atoms with Crippen molar-refractivity contribution < 1.29 is 0 Å². The topological polar surface area (TPSA) is 12.0 Å². The maximum atomic E-state index is 3.62. The molecule has 1 aromatic rings. The molecule has 94 valence electrons. The molecule has 0 aromatic heterocycles. The molecule has 0 saturated heterocycles. The highest BCUT2D eigenvalue weighted by atomic mass is 14.9. The summed E-state index contributed by atoms with van der Waals surface area (Å²) < 4.78 is 0. The van der Waals surface area contributed by atoms with Gasteiger partial charge in [-0.1, -0.05) is 37.6 Å². The van der Waals surface area contributed by atoms with Crippen molar-refractivity contribution in [2.45, 2.75) is 58.4 Å². The summed E-state index contributed by atoms with van der Waals surface area (Å²) in [6, 6.07) is 7.63. The average molecular weight is 231 g/mol. The Morgan fingerprint density at radius 1 is 1.24 bits per heavy atom. The molecule has 1 nitrogen and oxygen atoms in total. The van der Waals surface area contributed by atoms with Crippen molar-refractivity contribution in [3.05, 3.63) is 34.9 Å². The van der Waals surface area contributed by atoms with Crippen LogP contribution in [0.5, 0.6) is 0 Å². The Labute approximate surface area is 106 Å². The van der Waals surface area contributed by atoms with Crippen LogP contribution in [-0.4, -0.2) is 12.6 Å². The summed E-state index contributed by atoms with van der Waals surface area (Å²) in [5.74, 6) is 0. The largest absolute Gasteiger partial charge is 0.314 e. The Morgan fingerprint density at radius 3 is 2.59 bits per heavy atom. The predicted molar refractivity (Wildman–Crippen MR) is 74.6 cm³/mol. The van der Waals surface area contributed by atoms with E-state index in [0.29, 0.717) is 0 Å². The summed E-state index contributed by atoms with van der Waals surface area (Å²) in [4.78, 5) is 0. The molecule has 0 amide bonds. The summed E-state index contributed by atoms with van der Waals surface area (Å²) in [7, 11) is 0. The van der Waals surface area contributed by atoms with Gasteiger partial charge in [-0.25, -0.2) is 0 Å². The first-order valence-corrected chi connectivity index (χ1v) is 6.80. The number of benzene rings is 1. The van der Waals surface area contributed by atoms with E-state index in [2.05, 4.69) is 51.2 Å². The second-order valence-electron chi connectivity index (χ2n) is 6.18. The molecule has 1 aliphatic carbocycles. The third-order valence-corrected chi connectivity index (χ3v) is 3.88. The smallest absolute Gasteiger partial charge is 0.00682 e. The maximum absolute atomic E-state index is 3.62. The Balaban J connectivity index is 2.03. The van der Waals surface area contributed by atoms with Crippen LogP contribution in [0.1, 0.15) is 49.8 Å². The summed E-state index contributed by atoms with van der Waals surface area (Å²) >= 11 is 0. The molecule has 1 aromatic carbocycles. The van der Waals surface area contributed by atoms with Crippen LogP contribution in [0, 0.1) is 13.8 Å². The Bertz CT molecular complexity index is 389. The number of hydrogen-bond donors (Lipinski definition) is 1. The van der Waals surface area contributed by atoms with E-state index in [4.69, 9.17) is 0 Å². The molecule has 0 bridgehead atoms. The number of aryl methyl sites for hydroxylation is 2. The van der Waals surface area contributed by atoms with Gasteiger partial charge < -0.3 is 5.32 Å². The molecule has 0 radical (unpaired) electrons. The first-order valence-electron chi connectivity index (χ1n) is 6.80. The lowest BCUT2D eigenvalue weighted by Crippen LogP contribution is -2.27. The van der Waals surface area contributed by atoms with Gasteiger partial charge >= 0.3 is 0 Å². The summed E-state index contributed by atoms with van der Waals surface area (Å²) in [5, 5.41) is 3.62. The normalized spacial score (nSPS) is 16.2. The second kappa shape index (κ2) is 4.81. The van der Waals surface area contributed by atoms with E-state index >= 15 is 0 Å². The average Bonchev–Trinajstić information content (AvgIpc) is 3.05. The molecule has 1 saturated carbocycles. The van der Waals surface area contributed by atoms with Gasteiger partial charge in [0, 0.05) is 6.04 Å². The zero-order chi connectivity index (χ0) is 12.5. The molecule has 0 atom stereocenters. The Hall–Kier alpha value is -0.820. The molecular weight excluding hydrogens is 206 g/mol. The van der Waals surface area contributed by atoms with E-state index in [-0.39, 0.29) is 5.41 Å². The third kappa shape index (κ3) is 3.32. The third-order valence-electron chi connectivity index (χ3n) is 3.88. The molecule has 1 fully saturated rings. The summed E-state index contributed by atoms with van der Waals surface area (Å²) in [5.41, 5.74) is 4.58. The minimum Gasteiger partial charge on any atom is -0.314 e. The maximum Gasteiger partial charge on any atom is 0.00682 e. The summed E-state index contributed by atoms with van der Waals surface area (Å²) in [6.07, 6.45) is 3.97. The fourth-order valence-electron chi connectivity index (χ4n) is 2.48. The van der Waals surface area contributed by atoms with Gasteiger partial charge in [-0.3, -0.25) is 0 Å². The standard InChI is InChI=1S/C16H25N/c1-12-5-6-13(2)15(11-12)16(3,4)9-10-17-14-7-8-14/h5-6,11,14,17H,7-10H2,1-4H3. The molecule has 17 heavy (non-hydrogen) atoms. The monoisotopic (exact) mass is 231 g/mol. The van der Waals surface area contributed by atoms with E-state index in [0.717, 1.165) is 12.6 Å². The van der Waals surface area contributed by atoms with Crippen molar-refractivity contribution in [1.29, 1.82) is 0 Å². The number of nitrogens with one attached hydrogen (secondary N) is 1. The van der Waals surface area contributed by atoms with Crippen LogP contribution < -0.4 is 5.32 Å². The zero-order valence-electron chi connectivity index (χ0n) is 11.6. The van der Waals surface area contributed by atoms with Crippen molar-refractivity contribution in [2.75, 3.05) is 6.54 Å². The van der Waals surface area contributed by atoms with Gasteiger partial charge in [0.1, 0.15) is 0 Å². The van der Waals surface area contributed by atoms with Crippen molar-refractivity contribution in [3.63, 3.8) is 0 Å². The van der Waals surface area contributed by atoms with Crippen LogP contribution in [0.25, 0.3) is 0 Å². The number of hydrogen-bond acceptors (Lipinski definition) is 1. The van der Waals surface area contributed by atoms with Crippen LogP contribution in [0.15, 0.2) is 18.2 Å². The highest BCUT2D eigenvalue weighted by Crippen LogP contribution is 2.30. The van der Waals surface area contributed by atoms with Crippen LogP contribution in [-0.2, 0) is 5.41 Å². The van der Waals surface area contributed by atoms with Gasteiger partial charge in [0.05, 0.1) is 0 Å². The molecule has 2 rings (SSSR count). The SMILES string of the molecule is Cc1ccc(C)c(C(C)(C)CCNC2CC2)c1. The van der Waals surface area contributed by atoms with E-state index in [1.807, 2.05) is 0 Å². The van der Waals surface area contributed by atoms with Gasteiger partial charge in [-0.05, 0) is 56.2 Å². The van der Waals surface area contributed by atoms with Gasteiger partial charge in [0.2, 0.25) is 0 Å². The fraction of sp³-hybridized carbons (Fsp3) is 0.625. The highest BCUT2D eigenvalue weighted by molar-refractivity contribution is 5.35. The lowest BCUT2D eigenvalue weighted by atomic mass is 9.78. The predicted octanol–water partition coefficient (Wildman–Crippen LogP) is 3.72. The zero-order valence-corrected chi connectivity index (χ0v) is 11.6. The lowest BCUT2D eigenvalue weighted by Gasteiger charge is -2.28. The minimum atomic E-state index is 0.276. The molecule has 0 spiro atoms. The van der Waals surface area contributed by atoms with Crippen LogP contribution >= 0.6 is 0 Å². The van der Waals surface area contributed by atoms with Crippen molar-refractivity contribution in [2.24, 2.45) is 0 Å². The molecular formula is C16H25N. The molecule has 0 unspecified atom stereocenters. The lowest BCUT2D eigenvalue weighted by molar-refractivity contribution is 0.454. The van der Waals surface area contributed by atoms with Crippen molar-refractivity contribution in [3.8, 4) is 0 Å². The van der Waals surface area contributed by atoms with E-state index in [9.17, 15) is 0 Å². The van der Waals surface area contributed by atoms with Crippen LogP contribution in [0.2, 0.25) is 0 Å². The number of rotatable bonds is 5. The Morgan fingerprint density at radius 2 is 1.94 bits per heavy atom. The van der Waals surface area contributed by atoms with Gasteiger partial charge in [0.15, 0.2) is 0 Å². The first kappa shape index (κ1) is 12.6. The quantitative estimate of drug-likeness (QED) is 0.814. The minimum absolute atomic E-state index is 0.276. The summed E-state index contributed by atoms with van der Waals surface area (Å²) in [6.45, 7) is 10.3. The van der Waals surface area contributed by atoms with E-state index in [1.54, 1.807) is 0 Å². The van der Waals surface area contributed by atoms with E-state index < -0.39 is 0 Å². The molecule has 0 aliphatic heterocycles.